The molecule has 2 heterocycles. The average molecular weight is 290 g/mol. The number of rotatable bonds is 5. The van der Waals surface area contributed by atoms with E-state index in [0.29, 0.717) is 12.2 Å². The van der Waals surface area contributed by atoms with Gasteiger partial charge in [0.1, 0.15) is 17.9 Å². The Kier molecular flexibility index (Phi) is 4.08. The zero-order valence-electron chi connectivity index (χ0n) is 11.7. The summed E-state index contributed by atoms with van der Waals surface area (Å²) >= 11 is 0. The van der Waals surface area contributed by atoms with E-state index in [9.17, 15) is 4.79 Å². The Hall–Kier alpha value is -2.05. The Morgan fingerprint density at radius 1 is 1.29 bits per heavy atom. The quantitative estimate of drug-likeness (QED) is 0.896. The number of carbonyl (C=O) groups excluding carboxylic acids is 1. The van der Waals surface area contributed by atoms with Crippen molar-refractivity contribution in [3.8, 4) is 5.75 Å². The maximum atomic E-state index is 11.1. The van der Waals surface area contributed by atoms with Crippen LogP contribution in [0.3, 0.4) is 0 Å². The van der Waals surface area contributed by atoms with E-state index in [-0.39, 0.29) is 5.76 Å². The minimum atomic E-state index is -0.569. The lowest BCUT2D eigenvalue weighted by Gasteiger charge is -2.26. The van der Waals surface area contributed by atoms with Crippen LogP contribution in [0.2, 0.25) is 0 Å². The minimum Gasteiger partial charge on any atom is -0.492 e. The van der Waals surface area contributed by atoms with E-state index in [4.69, 9.17) is 19.6 Å². The highest BCUT2D eigenvalue weighted by Crippen LogP contribution is 2.24. The second kappa shape index (κ2) is 6.15. The molecular formula is C15H18N2O4. The summed E-state index contributed by atoms with van der Waals surface area (Å²) in [4.78, 5) is 13.4. The third kappa shape index (κ3) is 3.34. The Morgan fingerprint density at radius 3 is 2.86 bits per heavy atom. The number of nitrogens with two attached hydrogens (primary N) is 1. The predicted octanol–water partition coefficient (Wildman–Crippen LogP) is 1.24. The number of nitrogens with zero attached hydrogens (tertiary/aromatic N) is 1. The Bertz CT molecular complexity index is 632. The standard InChI is InChI=1S/C15H18N2O4/c16-15(18)14-9-11-1-2-12(10-13(11)21-14)20-8-5-17-3-6-19-7-4-17/h1-2,9-10H,3-8H2,(H2,16,18). The average Bonchev–Trinajstić information content (AvgIpc) is 2.92. The van der Waals surface area contributed by atoms with Crippen molar-refractivity contribution in [2.24, 2.45) is 5.73 Å². The number of fused-ring (bicyclic) bond motifs is 1. The molecule has 1 fully saturated rings. The van der Waals surface area contributed by atoms with Crippen molar-refractivity contribution in [1.29, 1.82) is 0 Å². The van der Waals surface area contributed by atoms with Gasteiger partial charge in [-0.2, -0.15) is 0 Å². The van der Waals surface area contributed by atoms with E-state index >= 15 is 0 Å². The highest BCUT2D eigenvalue weighted by Gasteiger charge is 2.11. The van der Waals surface area contributed by atoms with Crippen molar-refractivity contribution < 1.29 is 18.7 Å². The highest BCUT2D eigenvalue weighted by atomic mass is 16.5. The number of morpholine rings is 1. The molecule has 1 aliphatic rings. The number of hydrogen-bond donors (Lipinski definition) is 1. The number of hydrogen-bond acceptors (Lipinski definition) is 5. The predicted molar refractivity (Wildman–Crippen MR) is 77.5 cm³/mol. The summed E-state index contributed by atoms with van der Waals surface area (Å²) in [5.41, 5.74) is 5.80. The van der Waals surface area contributed by atoms with Crippen LogP contribution in [0, 0.1) is 0 Å². The first-order valence-electron chi connectivity index (χ1n) is 6.99. The van der Waals surface area contributed by atoms with Crippen molar-refractivity contribution in [1.82, 2.24) is 4.90 Å². The normalized spacial score (nSPS) is 16.2. The fourth-order valence-corrected chi connectivity index (χ4v) is 2.34. The maximum absolute atomic E-state index is 11.1. The third-order valence-electron chi connectivity index (χ3n) is 3.51. The van der Waals surface area contributed by atoms with Crippen LogP contribution in [-0.4, -0.2) is 50.3 Å². The van der Waals surface area contributed by atoms with Crippen LogP contribution in [0.1, 0.15) is 10.6 Å². The van der Waals surface area contributed by atoms with Crippen molar-refractivity contribution in [3.63, 3.8) is 0 Å². The van der Waals surface area contributed by atoms with Gasteiger partial charge in [-0.25, -0.2) is 0 Å². The van der Waals surface area contributed by atoms with Gasteiger partial charge in [0.2, 0.25) is 0 Å². The van der Waals surface area contributed by atoms with E-state index in [1.54, 1.807) is 12.1 Å². The lowest BCUT2D eigenvalue weighted by atomic mass is 10.2. The molecule has 21 heavy (non-hydrogen) atoms. The van der Waals surface area contributed by atoms with Gasteiger partial charge in [-0.05, 0) is 18.2 Å². The first-order chi connectivity index (χ1) is 10.2. The van der Waals surface area contributed by atoms with Gasteiger partial charge in [0.25, 0.3) is 5.91 Å². The third-order valence-corrected chi connectivity index (χ3v) is 3.51. The Labute approximate surface area is 122 Å². The van der Waals surface area contributed by atoms with E-state index < -0.39 is 5.91 Å². The molecule has 6 heteroatoms. The lowest BCUT2D eigenvalue weighted by molar-refractivity contribution is 0.0322. The number of carbonyl (C=O) groups is 1. The molecule has 0 saturated carbocycles. The molecule has 1 aliphatic heterocycles. The second-order valence-electron chi connectivity index (χ2n) is 4.98. The first-order valence-corrected chi connectivity index (χ1v) is 6.99. The van der Waals surface area contributed by atoms with Crippen molar-refractivity contribution in [2.75, 3.05) is 39.5 Å². The zero-order chi connectivity index (χ0) is 14.7. The molecule has 1 amide bonds. The van der Waals surface area contributed by atoms with Crippen LogP contribution in [-0.2, 0) is 4.74 Å². The van der Waals surface area contributed by atoms with Gasteiger partial charge in [0.05, 0.1) is 13.2 Å². The fourth-order valence-electron chi connectivity index (χ4n) is 2.34. The summed E-state index contributed by atoms with van der Waals surface area (Å²) in [6, 6.07) is 7.13. The molecule has 6 nitrogen and oxygen atoms in total. The van der Waals surface area contributed by atoms with Crippen LogP contribution in [0.5, 0.6) is 5.75 Å². The van der Waals surface area contributed by atoms with Gasteiger partial charge in [0.15, 0.2) is 5.76 Å². The van der Waals surface area contributed by atoms with Crippen LogP contribution >= 0.6 is 0 Å². The summed E-state index contributed by atoms with van der Waals surface area (Å²) in [6.45, 7) is 4.94. The van der Waals surface area contributed by atoms with Crippen LogP contribution in [0.4, 0.5) is 0 Å². The summed E-state index contributed by atoms with van der Waals surface area (Å²) in [5, 5.41) is 0.837. The maximum Gasteiger partial charge on any atom is 0.284 e. The highest BCUT2D eigenvalue weighted by molar-refractivity contribution is 5.95. The molecule has 112 valence electrons. The molecule has 1 aromatic heterocycles. The van der Waals surface area contributed by atoms with E-state index in [2.05, 4.69) is 4.90 Å². The van der Waals surface area contributed by atoms with Crippen LogP contribution < -0.4 is 10.5 Å². The SMILES string of the molecule is NC(=O)c1cc2ccc(OCCN3CCOCC3)cc2o1. The fraction of sp³-hybridized carbons (Fsp3) is 0.400. The van der Waals surface area contributed by atoms with E-state index in [1.165, 1.54) is 0 Å². The molecule has 0 atom stereocenters. The molecule has 0 unspecified atom stereocenters. The summed E-state index contributed by atoms with van der Waals surface area (Å²) in [5.74, 6) is 0.317. The first kappa shape index (κ1) is 13.9. The number of ether oxygens (including phenoxy) is 2. The van der Waals surface area contributed by atoms with Crippen molar-refractivity contribution >= 4 is 16.9 Å². The molecule has 1 saturated heterocycles. The van der Waals surface area contributed by atoms with Gasteiger partial charge in [0, 0.05) is 31.1 Å². The molecule has 0 bridgehead atoms. The smallest absolute Gasteiger partial charge is 0.284 e. The number of benzene rings is 1. The van der Waals surface area contributed by atoms with Crippen molar-refractivity contribution in [3.05, 3.63) is 30.0 Å². The van der Waals surface area contributed by atoms with Gasteiger partial charge in [-0.1, -0.05) is 0 Å². The van der Waals surface area contributed by atoms with E-state index in [1.807, 2.05) is 12.1 Å². The largest absolute Gasteiger partial charge is 0.492 e. The molecule has 1 aromatic carbocycles. The van der Waals surface area contributed by atoms with E-state index in [0.717, 1.165) is 44.0 Å². The Balaban J connectivity index is 1.60. The summed E-state index contributed by atoms with van der Waals surface area (Å²) < 4.78 is 16.4. The molecule has 2 aromatic rings. The second-order valence-corrected chi connectivity index (χ2v) is 4.98. The monoisotopic (exact) mass is 290 g/mol. The van der Waals surface area contributed by atoms with Gasteiger partial charge >= 0.3 is 0 Å². The summed E-state index contributed by atoms with van der Waals surface area (Å²) in [7, 11) is 0. The number of amides is 1. The number of primary amides is 1. The molecule has 2 N–H and O–H groups in total. The molecule has 0 aliphatic carbocycles. The van der Waals surface area contributed by atoms with Gasteiger partial charge in [-0.15, -0.1) is 0 Å². The van der Waals surface area contributed by atoms with Crippen LogP contribution in [0.25, 0.3) is 11.0 Å². The molecule has 0 radical (unpaired) electrons. The molecule has 3 rings (SSSR count). The zero-order valence-corrected chi connectivity index (χ0v) is 11.7. The van der Waals surface area contributed by atoms with Crippen LogP contribution in [0.15, 0.2) is 28.7 Å². The van der Waals surface area contributed by atoms with Gasteiger partial charge < -0.3 is 19.6 Å². The topological polar surface area (TPSA) is 77.9 Å². The minimum absolute atomic E-state index is 0.162. The van der Waals surface area contributed by atoms with Crippen molar-refractivity contribution in [2.45, 2.75) is 0 Å². The molecule has 0 spiro atoms. The Morgan fingerprint density at radius 2 is 2.10 bits per heavy atom. The van der Waals surface area contributed by atoms with Gasteiger partial charge in [-0.3, -0.25) is 9.69 Å². The molecular weight excluding hydrogens is 272 g/mol. The lowest BCUT2D eigenvalue weighted by Crippen LogP contribution is -2.38. The number of furan rings is 1. The summed E-state index contributed by atoms with van der Waals surface area (Å²) in [6.07, 6.45) is 0.